The highest BCUT2D eigenvalue weighted by Gasteiger charge is 2.33. The molecule has 0 unspecified atom stereocenters. The third kappa shape index (κ3) is 6.11. The van der Waals surface area contributed by atoms with Crippen molar-refractivity contribution in [1.29, 1.82) is 0 Å². The molecule has 0 atom stereocenters. The lowest BCUT2D eigenvalue weighted by Gasteiger charge is -2.28. The molecule has 0 bridgehead atoms. The first kappa shape index (κ1) is 28.9. The van der Waals surface area contributed by atoms with Gasteiger partial charge in [-0.05, 0) is 87.8 Å². The number of hydrogen-bond acceptors (Lipinski definition) is 7. The zero-order valence-electron chi connectivity index (χ0n) is 23.8. The Kier molecular flexibility index (Phi) is 8.51. The van der Waals surface area contributed by atoms with Crippen LogP contribution in [-0.4, -0.2) is 31.5 Å². The highest BCUT2D eigenvalue weighted by atomic mass is 35.5. The standard InChI is InChI=1S/C23H25ClN4O2.C9H8ClNOS/c24-17-9-10-20-16(11-17)12-29-13-21-25-26-23(28(20)21)15-7-5-14(6-8-15)22-18-3-1-2-4-19(18)27-30-22;10-7-1-2-8-6(3-7)4-12-5-9(13)11-8/h9-11,14-15H,1-8,12-13H2;1-3H,4-5H2,(H,11,13). The van der Waals surface area contributed by atoms with Gasteiger partial charge in [0, 0.05) is 44.3 Å². The van der Waals surface area contributed by atoms with Crippen molar-refractivity contribution in [1.82, 2.24) is 19.9 Å². The minimum atomic E-state index is 0.392. The van der Waals surface area contributed by atoms with Crippen LogP contribution < -0.4 is 5.32 Å². The molecule has 4 aromatic rings. The van der Waals surface area contributed by atoms with E-state index in [-0.39, 0.29) is 0 Å². The highest BCUT2D eigenvalue weighted by molar-refractivity contribution is 7.80. The molecule has 224 valence electrons. The van der Waals surface area contributed by atoms with Gasteiger partial charge in [0.25, 0.3) is 0 Å². The van der Waals surface area contributed by atoms with Gasteiger partial charge >= 0.3 is 0 Å². The summed E-state index contributed by atoms with van der Waals surface area (Å²) in [7, 11) is 0. The lowest BCUT2D eigenvalue weighted by atomic mass is 9.78. The van der Waals surface area contributed by atoms with Gasteiger partial charge in [-0.15, -0.1) is 10.2 Å². The number of nitrogens with zero attached hydrogens (tertiary/aromatic N) is 4. The van der Waals surface area contributed by atoms with Crippen LogP contribution in [0.1, 0.15) is 90.2 Å². The number of aryl methyl sites for hydroxylation is 1. The average Bonchev–Trinajstić information content (AvgIpc) is 3.53. The van der Waals surface area contributed by atoms with Crippen LogP contribution in [0.5, 0.6) is 0 Å². The molecule has 2 aliphatic heterocycles. The molecular weight excluding hydrogens is 605 g/mol. The Hall–Kier alpha value is -2.82. The number of hydrogen-bond donors (Lipinski definition) is 1. The molecule has 8 nitrogen and oxygen atoms in total. The van der Waals surface area contributed by atoms with E-state index in [2.05, 4.69) is 31.3 Å². The predicted molar refractivity (Wildman–Crippen MR) is 169 cm³/mol. The normalized spacial score (nSPS) is 21.1. The van der Waals surface area contributed by atoms with Gasteiger partial charge in [-0.25, -0.2) is 0 Å². The number of ether oxygens (including phenoxy) is 2. The van der Waals surface area contributed by atoms with E-state index in [4.69, 9.17) is 49.4 Å². The molecule has 4 heterocycles. The molecule has 1 saturated carbocycles. The SMILES string of the molecule is Clc1ccc2c(c1)COCc1nnc(C3CCC(c4onc5c4CCCC5)CC3)n1-2.S=C1COCc2cc(Cl)ccc2N1. The summed E-state index contributed by atoms with van der Waals surface area (Å²) in [6.45, 7) is 2.05. The molecule has 2 aromatic heterocycles. The van der Waals surface area contributed by atoms with Gasteiger partial charge < -0.3 is 19.3 Å². The summed E-state index contributed by atoms with van der Waals surface area (Å²) in [5.74, 6) is 3.96. The van der Waals surface area contributed by atoms with Gasteiger partial charge in [-0.3, -0.25) is 4.57 Å². The molecule has 1 N–H and O–H groups in total. The minimum absolute atomic E-state index is 0.392. The van der Waals surface area contributed by atoms with Crippen molar-refractivity contribution in [2.45, 2.75) is 83.0 Å². The third-order valence-electron chi connectivity index (χ3n) is 8.81. The molecule has 1 fully saturated rings. The van der Waals surface area contributed by atoms with E-state index in [0.717, 1.165) is 88.5 Å². The van der Waals surface area contributed by atoms with E-state index in [1.54, 1.807) is 0 Å². The Labute approximate surface area is 266 Å². The summed E-state index contributed by atoms with van der Waals surface area (Å²) in [6, 6.07) is 11.6. The van der Waals surface area contributed by atoms with Crippen LogP contribution >= 0.6 is 35.4 Å². The summed E-state index contributed by atoms with van der Waals surface area (Å²) in [5, 5.41) is 18.0. The second-order valence-electron chi connectivity index (χ2n) is 11.6. The summed E-state index contributed by atoms with van der Waals surface area (Å²) < 4.78 is 19.2. The molecule has 0 saturated heterocycles. The first-order valence-electron chi connectivity index (χ1n) is 15.0. The van der Waals surface area contributed by atoms with Crippen LogP contribution in [0.15, 0.2) is 40.9 Å². The monoisotopic (exact) mass is 637 g/mol. The Morgan fingerprint density at radius 2 is 1.53 bits per heavy atom. The quantitative estimate of drug-likeness (QED) is 0.222. The van der Waals surface area contributed by atoms with Gasteiger partial charge in [-0.1, -0.05) is 40.6 Å². The minimum Gasteiger partial charge on any atom is -0.370 e. The Morgan fingerprint density at radius 1 is 0.814 bits per heavy atom. The number of fused-ring (bicyclic) bond motifs is 5. The molecule has 8 rings (SSSR count). The summed E-state index contributed by atoms with van der Waals surface area (Å²) >= 11 is 17.1. The van der Waals surface area contributed by atoms with Crippen molar-refractivity contribution < 1.29 is 14.0 Å². The van der Waals surface area contributed by atoms with Crippen molar-refractivity contribution >= 4 is 46.1 Å². The average molecular weight is 639 g/mol. The third-order valence-corrected chi connectivity index (χ3v) is 9.50. The summed E-state index contributed by atoms with van der Waals surface area (Å²) in [5.41, 5.74) is 6.84. The topological polar surface area (TPSA) is 87.2 Å². The van der Waals surface area contributed by atoms with E-state index in [1.807, 2.05) is 30.3 Å². The van der Waals surface area contributed by atoms with Gasteiger partial charge in [0.15, 0.2) is 5.82 Å². The fourth-order valence-electron chi connectivity index (χ4n) is 6.68. The number of nitrogens with one attached hydrogen (secondary N) is 1. The van der Waals surface area contributed by atoms with Gasteiger partial charge in [0.1, 0.15) is 23.2 Å². The van der Waals surface area contributed by atoms with Crippen molar-refractivity contribution in [2.24, 2.45) is 0 Å². The van der Waals surface area contributed by atoms with Crippen LogP contribution in [0.3, 0.4) is 0 Å². The highest BCUT2D eigenvalue weighted by Crippen LogP contribution is 2.43. The molecule has 0 spiro atoms. The predicted octanol–water partition coefficient (Wildman–Crippen LogP) is 7.87. The zero-order valence-corrected chi connectivity index (χ0v) is 26.1. The molecule has 2 aliphatic carbocycles. The number of anilines is 1. The first-order chi connectivity index (χ1) is 21.0. The van der Waals surface area contributed by atoms with Crippen molar-refractivity contribution in [3.8, 4) is 5.69 Å². The van der Waals surface area contributed by atoms with Crippen molar-refractivity contribution in [2.75, 3.05) is 11.9 Å². The maximum atomic E-state index is 6.22. The van der Waals surface area contributed by atoms with Crippen molar-refractivity contribution in [3.05, 3.63) is 86.2 Å². The second kappa shape index (κ2) is 12.7. The molecule has 11 heteroatoms. The fourth-order valence-corrected chi connectivity index (χ4v) is 7.27. The van der Waals surface area contributed by atoms with E-state index in [1.165, 1.54) is 24.1 Å². The number of thiocarbonyl (C=S) groups is 1. The van der Waals surface area contributed by atoms with Crippen LogP contribution in [0.25, 0.3) is 5.69 Å². The molecular formula is C32H33Cl2N5O3S. The molecule has 2 aromatic carbocycles. The van der Waals surface area contributed by atoms with E-state index < -0.39 is 0 Å². The van der Waals surface area contributed by atoms with Crippen LogP contribution in [0.2, 0.25) is 10.0 Å². The van der Waals surface area contributed by atoms with Gasteiger partial charge in [0.05, 0.1) is 31.2 Å². The molecule has 0 amide bonds. The number of benzene rings is 2. The van der Waals surface area contributed by atoms with Crippen LogP contribution in [-0.2, 0) is 42.1 Å². The molecule has 4 aliphatic rings. The van der Waals surface area contributed by atoms with Crippen LogP contribution in [0.4, 0.5) is 5.69 Å². The zero-order chi connectivity index (χ0) is 29.3. The lowest BCUT2D eigenvalue weighted by Crippen LogP contribution is -2.17. The Morgan fingerprint density at radius 3 is 2.40 bits per heavy atom. The second-order valence-corrected chi connectivity index (χ2v) is 13.0. The Bertz CT molecular complexity index is 1650. The summed E-state index contributed by atoms with van der Waals surface area (Å²) in [6.07, 6.45) is 9.09. The van der Waals surface area contributed by atoms with E-state index >= 15 is 0 Å². The maximum absolute atomic E-state index is 6.22. The summed E-state index contributed by atoms with van der Waals surface area (Å²) in [4.78, 5) is 0.709. The van der Waals surface area contributed by atoms with E-state index in [0.29, 0.717) is 43.3 Å². The van der Waals surface area contributed by atoms with Gasteiger partial charge in [0.2, 0.25) is 0 Å². The fraction of sp³-hybridized carbons (Fsp3) is 0.438. The van der Waals surface area contributed by atoms with Crippen molar-refractivity contribution in [3.63, 3.8) is 0 Å². The maximum Gasteiger partial charge on any atom is 0.163 e. The molecule has 0 radical (unpaired) electrons. The largest absolute Gasteiger partial charge is 0.370 e. The van der Waals surface area contributed by atoms with Crippen LogP contribution in [0, 0.1) is 0 Å². The Balaban J connectivity index is 0.000000193. The first-order valence-corrected chi connectivity index (χ1v) is 16.1. The smallest absolute Gasteiger partial charge is 0.163 e. The molecule has 43 heavy (non-hydrogen) atoms. The lowest BCUT2D eigenvalue weighted by molar-refractivity contribution is 0.105. The number of rotatable bonds is 2. The number of halogens is 2. The van der Waals surface area contributed by atoms with E-state index in [9.17, 15) is 0 Å². The number of aromatic nitrogens is 4. The van der Waals surface area contributed by atoms with Gasteiger partial charge in [-0.2, -0.15) is 0 Å².